The number of rotatable bonds is 48. The molecule has 1 heterocycles. The molecule has 1 aromatic carbocycles. The van der Waals surface area contributed by atoms with E-state index in [1.165, 1.54) is 45.0 Å². The van der Waals surface area contributed by atoms with Gasteiger partial charge in [0.05, 0.1) is 59.7 Å². The quantitative estimate of drug-likeness (QED) is 0.00720. The lowest BCUT2D eigenvalue weighted by atomic mass is 9.82. The van der Waals surface area contributed by atoms with E-state index in [0.29, 0.717) is 24.8 Å². The zero-order chi connectivity index (χ0) is 84.6. The molecule has 42 heteroatoms. The number of ketones is 1. The van der Waals surface area contributed by atoms with Crippen LogP contribution >= 0.6 is 35.5 Å². The number of thiol groups is 1. The van der Waals surface area contributed by atoms with Gasteiger partial charge in [-0.1, -0.05) is 45.2 Å². The van der Waals surface area contributed by atoms with E-state index < -0.39 is 197 Å². The summed E-state index contributed by atoms with van der Waals surface area (Å²) >= 11 is 6.22. The number of carbonyl (C=O) groups is 14. The van der Waals surface area contributed by atoms with Gasteiger partial charge in [0.1, 0.15) is 78.3 Å². The molecule has 112 heavy (non-hydrogen) atoms. The Kier molecular flexibility index (Phi) is 42.1. The van der Waals surface area contributed by atoms with Gasteiger partial charge < -0.3 is 129 Å². The molecular weight excluding hydrogens is 1600 g/mol. The van der Waals surface area contributed by atoms with Crippen LogP contribution in [-0.2, 0) is 73.5 Å². The number of likely N-dealkylation sites (tertiary alicyclic amines) is 1. The number of aliphatic hydroxyl groups excluding tert-OH is 4. The molecule has 1 aliphatic heterocycles. The second-order valence-electron chi connectivity index (χ2n) is 29.3. The van der Waals surface area contributed by atoms with Crippen LogP contribution in [0.5, 0.6) is 5.75 Å². The smallest absolute Gasteiger partial charge is 0.254 e. The molecule has 2 aliphatic rings. The molecule has 3 rings (SSSR count). The number of phenols is 1. The summed E-state index contributed by atoms with van der Waals surface area (Å²) in [5.41, 5.74) is 41.0. The predicted octanol–water partition coefficient (Wildman–Crippen LogP) is -7.41. The fraction of sp³-hybridized carbons (Fsp3) is 0.700. The zero-order valence-corrected chi connectivity index (χ0v) is 67.6. The predicted molar refractivity (Wildman–Crippen MR) is 421 cm³/mol. The molecule has 13 amide bonds. The molecule has 632 valence electrons. The molecule has 0 bridgehead atoms. The first-order valence-corrected chi connectivity index (χ1v) is 39.0. The van der Waals surface area contributed by atoms with E-state index in [2.05, 4.69) is 71.1 Å². The van der Waals surface area contributed by atoms with Gasteiger partial charge >= 0.3 is 0 Å². The number of aliphatic hydroxyl groups is 4. The van der Waals surface area contributed by atoms with Crippen LogP contribution in [0.15, 0.2) is 24.3 Å². The van der Waals surface area contributed by atoms with Gasteiger partial charge in [-0.2, -0.15) is 12.6 Å². The van der Waals surface area contributed by atoms with Crippen LogP contribution in [0.1, 0.15) is 150 Å². The van der Waals surface area contributed by atoms with Gasteiger partial charge in [0.2, 0.25) is 70.9 Å². The summed E-state index contributed by atoms with van der Waals surface area (Å²) in [5.74, 6) is -15.2. The lowest BCUT2D eigenvalue weighted by molar-refractivity contribution is -0.144. The van der Waals surface area contributed by atoms with E-state index in [9.17, 15) is 92.7 Å². The molecule has 0 radical (unpaired) electrons. The van der Waals surface area contributed by atoms with E-state index in [-0.39, 0.29) is 120 Å². The molecule has 0 unspecified atom stereocenters. The Labute approximate surface area is 670 Å². The van der Waals surface area contributed by atoms with Gasteiger partial charge in [-0.25, -0.2) is 0 Å². The minimum Gasteiger partial charge on any atom is -0.508 e. The number of guanidine groups is 1. The fourth-order valence-corrected chi connectivity index (χ4v) is 14.3. The monoisotopic (exact) mass is 1720 g/mol. The first kappa shape index (κ1) is 98.0. The normalized spacial score (nSPS) is 18.5. The summed E-state index contributed by atoms with van der Waals surface area (Å²) in [7, 11) is 0. The zero-order valence-electron chi connectivity index (χ0n) is 64.5. The Morgan fingerprint density at radius 3 is 1.38 bits per heavy atom. The number of unbranched alkanes of at least 4 members (excludes halogenated alkanes) is 1. The molecule has 0 spiro atoms. The molecule has 31 N–H and O–H groups in total. The third-order valence-corrected chi connectivity index (χ3v) is 20.2. The number of nitrogens with zero attached hydrogens (tertiary/aromatic N) is 2. The van der Waals surface area contributed by atoms with Crippen LogP contribution in [0.4, 0.5) is 0 Å². The largest absolute Gasteiger partial charge is 0.508 e. The number of hydrogen-bond acceptors (Lipinski definition) is 26. The van der Waals surface area contributed by atoms with Gasteiger partial charge in [0, 0.05) is 36.6 Å². The average molecular weight is 1720 g/mol. The Hall–Kier alpha value is -8.21. The van der Waals surface area contributed by atoms with Crippen molar-refractivity contribution in [3.8, 4) is 5.75 Å². The minimum absolute atomic E-state index is 0.0409. The van der Waals surface area contributed by atoms with Gasteiger partial charge in [-0.05, 0) is 149 Å². The second-order valence-corrected chi connectivity index (χ2v) is 31.4. The van der Waals surface area contributed by atoms with Crippen molar-refractivity contribution in [1.29, 1.82) is 5.41 Å². The fourth-order valence-electron chi connectivity index (χ4n) is 12.6. The van der Waals surface area contributed by atoms with Crippen molar-refractivity contribution in [2.45, 2.75) is 259 Å². The molecule has 2 fully saturated rings. The van der Waals surface area contributed by atoms with Crippen LogP contribution in [0, 0.1) is 17.2 Å². The number of Topliss-reactive ketones (excluding diaryl/α,β-unsaturated/α-hetero) is 1. The SMILES string of the molecule is CC(C)[C@H](N)C(=O)N1C[C@H](O)C[C@H]1C(=O)N(I)[C@H](C(=O)N[C@@H](Cc1ccc(O)cc1)C(=O)N[C@H](C(=O)N[C@@H](CC(N)=O)C(=O)N[C@@H](CCCNC(=N)N)C(=O)N[C@@H](CCN)C(=O)N[C@H](C(=O)N[C@H](CCN)C(=O)N[C@@H](CCCCN)C(=O)N[C@@H](CCN)C(=O)N[C@H](C(=O)C1CCCCC1)[C@@H](C)O)[C@@H](C)O)[C@@H](C)O)C(C)(C)S. The van der Waals surface area contributed by atoms with Crippen LogP contribution in [0.2, 0.25) is 0 Å². The van der Waals surface area contributed by atoms with Crippen molar-refractivity contribution in [2.75, 3.05) is 39.3 Å². The van der Waals surface area contributed by atoms with Crippen molar-refractivity contribution in [3.05, 3.63) is 29.8 Å². The van der Waals surface area contributed by atoms with Crippen LogP contribution in [0.3, 0.4) is 0 Å². The number of halogens is 1. The molecule has 0 aromatic heterocycles. The average Bonchev–Trinajstić information content (AvgIpc) is 1.53. The molecule has 1 aliphatic carbocycles. The van der Waals surface area contributed by atoms with Crippen molar-refractivity contribution in [2.24, 2.45) is 52.0 Å². The highest BCUT2D eigenvalue weighted by Crippen LogP contribution is 2.31. The lowest BCUT2D eigenvalue weighted by Gasteiger charge is -2.38. The highest BCUT2D eigenvalue weighted by Gasteiger charge is 2.48. The second kappa shape index (κ2) is 48.1. The van der Waals surface area contributed by atoms with Crippen LogP contribution < -0.4 is 98.6 Å². The van der Waals surface area contributed by atoms with Gasteiger partial charge in [0.15, 0.2) is 11.7 Å². The van der Waals surface area contributed by atoms with E-state index in [0.717, 1.165) is 41.1 Å². The number of carbonyl (C=O) groups excluding carboxylic acids is 14. The molecule has 1 aromatic rings. The maximum atomic E-state index is 14.7. The van der Waals surface area contributed by atoms with E-state index in [4.69, 9.17) is 45.5 Å². The third-order valence-electron chi connectivity index (χ3n) is 18.9. The summed E-state index contributed by atoms with van der Waals surface area (Å²) in [6.45, 7) is 9.10. The molecule has 1 saturated carbocycles. The summed E-state index contributed by atoms with van der Waals surface area (Å²) < 4.78 is -0.443. The van der Waals surface area contributed by atoms with Crippen molar-refractivity contribution < 1.29 is 92.7 Å². The maximum absolute atomic E-state index is 14.7. The number of nitrogens with one attached hydrogen (secondary N) is 12. The number of primary amides is 1. The number of nitrogens with two attached hydrogens (primary N) is 7. The summed E-state index contributed by atoms with van der Waals surface area (Å²) in [4.78, 5) is 198. The number of β-amino-alcohol motifs (C(OH)–C–C–N with tert-alkyl or cyclic N) is 1. The van der Waals surface area contributed by atoms with Crippen molar-refractivity contribution in [3.63, 3.8) is 0 Å². The Morgan fingerprint density at radius 2 is 0.964 bits per heavy atom. The van der Waals surface area contributed by atoms with E-state index >= 15 is 0 Å². The van der Waals surface area contributed by atoms with Crippen LogP contribution in [0.25, 0.3) is 0 Å². The highest BCUT2D eigenvalue weighted by molar-refractivity contribution is 14.1. The number of aromatic hydroxyl groups is 1. The Balaban J connectivity index is 1.93. The number of benzene rings is 1. The Morgan fingerprint density at radius 1 is 0.562 bits per heavy atom. The number of amides is 13. The van der Waals surface area contributed by atoms with Gasteiger partial charge in [0.25, 0.3) is 5.91 Å². The summed E-state index contributed by atoms with van der Waals surface area (Å²) in [5, 5.41) is 88.3. The van der Waals surface area contributed by atoms with Crippen molar-refractivity contribution >= 4 is 124 Å². The topological polar surface area (TPSA) is 685 Å². The molecular formula is C70H120IN21O19S. The number of phenolic OH excluding ortho intramolecular Hbond substituents is 1. The molecule has 1 saturated heterocycles. The first-order valence-electron chi connectivity index (χ1n) is 37.5. The van der Waals surface area contributed by atoms with Gasteiger partial charge in [-0.3, -0.25) is 75.6 Å². The minimum atomic E-state index is -2.03. The third kappa shape index (κ3) is 31.6. The van der Waals surface area contributed by atoms with Crippen LogP contribution in [-0.4, -0.2) is 269 Å². The number of hydrogen-bond donors (Lipinski definition) is 25. The molecule has 40 nitrogen and oxygen atoms in total. The van der Waals surface area contributed by atoms with Gasteiger partial charge in [-0.15, -0.1) is 0 Å². The standard InChI is InChI=1S/C70H120IN21O19S/c1-34(2)51(77)68(111)91-33-41(97)31-49(91)67(110)92(71)56(70(6,7)112)66(109)87-47(30-38-18-20-40(96)21-19-38)63(106)90-54(37(5)95)65(108)86-48(32-50(76)98)62(105)82-43(17-13-29-80-69(78)79)58(101)84-46(24-28-75)61(104)89-53(36(4)94)64(107)85-44(22-26-73)59(102)81-42(16-11-12-25-72)57(100)83-45(23-27-74)60(103)88-52(35(3)93)55(99)39-14-9-8-10-15-39/h18-21,34-37,39,41-49,51-54,56,93-97,112H,8-17,22-33,72-75,77H2,1-7H3,(H2,76,98)(H,81,102)(H,82,105)(H,83,100)(H,84,101)(H,85,107)(H,86,108)(H,87,109)(H,88,103)(H,89,104)(H,90,106)(H4,78,79,80)/t35-,36-,37-,41-,42+,43+,44-,45+,46+,47+,48+,49+,51+,52+,53+,54+,56-/m1/s1. The van der Waals surface area contributed by atoms with E-state index in [1.807, 2.05) is 0 Å². The van der Waals surface area contributed by atoms with Crippen molar-refractivity contribution in [1.82, 2.24) is 66.5 Å². The highest BCUT2D eigenvalue weighted by atomic mass is 127. The Bertz CT molecular complexity index is 3350. The first-order chi connectivity index (χ1) is 52.5. The summed E-state index contributed by atoms with van der Waals surface area (Å²) in [6, 6.07) is -15.1. The van der Waals surface area contributed by atoms with E-state index in [1.54, 1.807) is 36.7 Å². The summed E-state index contributed by atoms with van der Waals surface area (Å²) in [6.07, 6.45) is -4.39. The molecule has 17 atom stereocenters. The lowest BCUT2D eigenvalue weighted by Crippen LogP contribution is -2.63. The maximum Gasteiger partial charge on any atom is 0.254 e.